The number of benzene rings is 1. The third kappa shape index (κ3) is 4.88. The second-order valence-electron chi connectivity index (χ2n) is 5.65. The molecule has 2 unspecified atom stereocenters. The Morgan fingerprint density at radius 3 is 2.74 bits per heavy atom. The van der Waals surface area contributed by atoms with Gasteiger partial charge in [-0.1, -0.05) is 12.1 Å². The number of morpholine rings is 2. The number of rotatable bonds is 3. The molecule has 23 heavy (non-hydrogen) atoms. The van der Waals surface area contributed by atoms with Gasteiger partial charge in [-0.05, 0) is 17.7 Å². The quantitative estimate of drug-likeness (QED) is 0.903. The average molecular weight is 345 g/mol. The normalized spacial score (nSPS) is 24.8. The number of carbonyl (C=O) groups is 1. The van der Waals surface area contributed by atoms with Gasteiger partial charge in [0.2, 0.25) is 5.91 Å². The van der Waals surface area contributed by atoms with Gasteiger partial charge in [0.05, 0.1) is 32.3 Å². The molecule has 128 valence electrons. The van der Waals surface area contributed by atoms with Crippen molar-refractivity contribution in [3.05, 3.63) is 35.6 Å². The molecule has 2 aliphatic heterocycles. The molecule has 1 amide bonds. The van der Waals surface area contributed by atoms with Gasteiger partial charge in [0.1, 0.15) is 11.9 Å². The summed E-state index contributed by atoms with van der Waals surface area (Å²) in [6.45, 7) is 3.81. The Hall–Kier alpha value is -1.21. The molecule has 5 nitrogen and oxygen atoms in total. The minimum Gasteiger partial charge on any atom is -0.375 e. The van der Waals surface area contributed by atoms with Crippen LogP contribution in [0.25, 0.3) is 0 Å². The van der Waals surface area contributed by atoms with E-state index in [4.69, 9.17) is 9.47 Å². The maximum atomic E-state index is 13.0. The fourth-order valence-corrected chi connectivity index (χ4v) is 2.83. The van der Waals surface area contributed by atoms with Crippen molar-refractivity contribution in [2.75, 3.05) is 39.4 Å². The third-order valence-electron chi connectivity index (χ3n) is 4.07. The maximum Gasteiger partial charge on any atom is 0.225 e. The zero-order valence-corrected chi connectivity index (χ0v) is 13.7. The predicted molar refractivity (Wildman–Crippen MR) is 86.1 cm³/mol. The highest BCUT2D eigenvalue weighted by Crippen LogP contribution is 2.23. The lowest BCUT2D eigenvalue weighted by atomic mass is 10.1. The molecule has 7 heteroatoms. The molecule has 0 aliphatic carbocycles. The van der Waals surface area contributed by atoms with Crippen molar-refractivity contribution in [1.29, 1.82) is 0 Å². The second-order valence-corrected chi connectivity index (χ2v) is 5.65. The van der Waals surface area contributed by atoms with Crippen molar-refractivity contribution in [1.82, 2.24) is 10.2 Å². The Bertz CT molecular complexity index is 509. The number of ether oxygens (including phenoxy) is 2. The van der Waals surface area contributed by atoms with Gasteiger partial charge in [0, 0.05) is 19.6 Å². The van der Waals surface area contributed by atoms with Crippen LogP contribution < -0.4 is 5.32 Å². The van der Waals surface area contributed by atoms with Crippen LogP contribution in [0.1, 0.15) is 18.1 Å². The summed E-state index contributed by atoms with van der Waals surface area (Å²) in [4.78, 5) is 14.2. The molecule has 2 saturated heterocycles. The first kappa shape index (κ1) is 18.1. The lowest BCUT2D eigenvalue weighted by Gasteiger charge is -2.34. The first-order valence-electron chi connectivity index (χ1n) is 7.69. The second kappa shape index (κ2) is 8.59. The van der Waals surface area contributed by atoms with Gasteiger partial charge < -0.3 is 19.7 Å². The third-order valence-corrected chi connectivity index (χ3v) is 4.07. The molecule has 0 aromatic heterocycles. The summed E-state index contributed by atoms with van der Waals surface area (Å²) in [7, 11) is 0. The van der Waals surface area contributed by atoms with Crippen LogP contribution >= 0.6 is 12.4 Å². The lowest BCUT2D eigenvalue weighted by Crippen LogP contribution is -2.46. The van der Waals surface area contributed by atoms with Crippen LogP contribution in [0.15, 0.2) is 24.3 Å². The summed E-state index contributed by atoms with van der Waals surface area (Å²) in [5.41, 5.74) is 0.898. The summed E-state index contributed by atoms with van der Waals surface area (Å²) in [5.74, 6) is -0.182. The van der Waals surface area contributed by atoms with Gasteiger partial charge in [-0.2, -0.15) is 0 Å². The van der Waals surface area contributed by atoms with Crippen molar-refractivity contribution in [2.24, 2.45) is 0 Å². The lowest BCUT2D eigenvalue weighted by molar-refractivity contribution is -0.142. The van der Waals surface area contributed by atoms with Crippen molar-refractivity contribution in [3.8, 4) is 0 Å². The number of nitrogens with one attached hydrogen (secondary N) is 1. The highest BCUT2D eigenvalue weighted by Gasteiger charge is 2.27. The minimum absolute atomic E-state index is 0. The minimum atomic E-state index is -0.269. The monoisotopic (exact) mass is 344 g/mol. The van der Waals surface area contributed by atoms with E-state index in [0.29, 0.717) is 32.7 Å². The van der Waals surface area contributed by atoms with Crippen LogP contribution in [-0.4, -0.2) is 56.3 Å². The SMILES string of the molecule is Cl.O=C(CC1CNCCO1)N1CCOC(c2ccc(F)cc2)C1. The van der Waals surface area contributed by atoms with E-state index in [1.807, 2.05) is 4.90 Å². The van der Waals surface area contributed by atoms with E-state index in [9.17, 15) is 9.18 Å². The van der Waals surface area contributed by atoms with Crippen molar-refractivity contribution in [3.63, 3.8) is 0 Å². The topological polar surface area (TPSA) is 50.8 Å². The van der Waals surface area contributed by atoms with E-state index in [1.54, 1.807) is 12.1 Å². The van der Waals surface area contributed by atoms with Crippen molar-refractivity contribution >= 4 is 18.3 Å². The summed E-state index contributed by atoms with van der Waals surface area (Å²) < 4.78 is 24.3. The molecule has 0 spiro atoms. The van der Waals surface area contributed by atoms with Gasteiger partial charge >= 0.3 is 0 Å². The molecule has 1 N–H and O–H groups in total. The molecular weight excluding hydrogens is 323 g/mol. The van der Waals surface area contributed by atoms with Crippen LogP contribution in [-0.2, 0) is 14.3 Å². The summed E-state index contributed by atoms with van der Waals surface area (Å²) in [6, 6.07) is 6.26. The fraction of sp³-hybridized carbons (Fsp3) is 0.562. The highest BCUT2D eigenvalue weighted by molar-refractivity contribution is 5.85. The summed E-state index contributed by atoms with van der Waals surface area (Å²) in [5, 5.41) is 3.23. The van der Waals surface area contributed by atoms with Gasteiger partial charge in [0.25, 0.3) is 0 Å². The van der Waals surface area contributed by atoms with Crippen LogP contribution in [0.2, 0.25) is 0 Å². The Labute approximate surface area is 141 Å². The molecule has 2 atom stereocenters. The molecule has 3 rings (SSSR count). The van der Waals surface area contributed by atoms with Crippen molar-refractivity contribution in [2.45, 2.75) is 18.6 Å². The summed E-state index contributed by atoms with van der Waals surface area (Å²) >= 11 is 0. The molecule has 2 heterocycles. The van der Waals surface area contributed by atoms with E-state index in [0.717, 1.165) is 18.7 Å². The van der Waals surface area contributed by atoms with Crippen molar-refractivity contribution < 1.29 is 18.7 Å². The molecule has 2 fully saturated rings. The number of nitrogens with zero attached hydrogens (tertiary/aromatic N) is 1. The number of hydrogen-bond acceptors (Lipinski definition) is 4. The number of carbonyl (C=O) groups excluding carboxylic acids is 1. The molecule has 1 aromatic carbocycles. The number of hydrogen-bond donors (Lipinski definition) is 1. The Morgan fingerprint density at radius 1 is 1.26 bits per heavy atom. The molecular formula is C16H22ClFN2O3. The maximum absolute atomic E-state index is 13.0. The molecule has 0 bridgehead atoms. The van der Waals surface area contributed by atoms with E-state index < -0.39 is 0 Å². The smallest absolute Gasteiger partial charge is 0.225 e. The number of halogens is 2. The van der Waals surface area contributed by atoms with Gasteiger partial charge in [-0.3, -0.25) is 4.79 Å². The Balaban J connectivity index is 0.00000192. The predicted octanol–water partition coefficient (Wildman–Crippen LogP) is 1.53. The zero-order chi connectivity index (χ0) is 15.4. The van der Waals surface area contributed by atoms with Crippen LogP contribution in [0.5, 0.6) is 0 Å². The standard InChI is InChI=1S/C16H21FN2O3.ClH/c17-13-3-1-12(2-4-13)15-11-19(6-8-22-15)16(20)9-14-10-18-5-7-21-14;/h1-4,14-15,18H,5-11H2;1H. The van der Waals surface area contributed by atoms with E-state index in [-0.39, 0.29) is 36.3 Å². The largest absolute Gasteiger partial charge is 0.375 e. The average Bonchev–Trinajstić information content (AvgIpc) is 2.56. The molecule has 1 aromatic rings. The Kier molecular flexibility index (Phi) is 6.77. The molecule has 0 radical (unpaired) electrons. The fourth-order valence-electron chi connectivity index (χ4n) is 2.83. The van der Waals surface area contributed by atoms with E-state index in [2.05, 4.69) is 5.32 Å². The molecule has 2 aliphatic rings. The highest BCUT2D eigenvalue weighted by atomic mass is 35.5. The summed E-state index contributed by atoms with van der Waals surface area (Å²) in [6.07, 6.45) is 0.153. The zero-order valence-electron chi connectivity index (χ0n) is 12.9. The van der Waals surface area contributed by atoms with Gasteiger partial charge in [0.15, 0.2) is 0 Å². The van der Waals surface area contributed by atoms with Gasteiger partial charge in [-0.15, -0.1) is 12.4 Å². The van der Waals surface area contributed by atoms with E-state index >= 15 is 0 Å². The van der Waals surface area contributed by atoms with E-state index in [1.165, 1.54) is 12.1 Å². The first-order chi connectivity index (χ1) is 10.7. The molecule has 0 saturated carbocycles. The first-order valence-corrected chi connectivity index (χ1v) is 7.69. The van der Waals surface area contributed by atoms with Crippen LogP contribution in [0, 0.1) is 5.82 Å². The Morgan fingerprint density at radius 2 is 2.04 bits per heavy atom. The van der Waals surface area contributed by atoms with Crippen LogP contribution in [0.3, 0.4) is 0 Å². The van der Waals surface area contributed by atoms with Crippen LogP contribution in [0.4, 0.5) is 4.39 Å². The number of amides is 1. The van der Waals surface area contributed by atoms with Gasteiger partial charge in [-0.25, -0.2) is 4.39 Å².